The van der Waals surface area contributed by atoms with Crippen molar-refractivity contribution in [2.24, 2.45) is 5.73 Å². The molecule has 2 aliphatic rings. The SMILES string of the molecule is COc1ccc2c(c1)CCN(c1cc3c(NC4CCC[C@@H]4F)c(C(N)=O)cnn3c1)C2=O. The Bertz CT molecular complexity index is 1220. The van der Waals surface area contributed by atoms with Crippen LogP contribution < -0.4 is 20.7 Å². The fraction of sp³-hybridized carbons (Fsp3) is 0.348. The number of aromatic nitrogens is 2. The lowest BCUT2D eigenvalue weighted by Crippen LogP contribution is -2.37. The minimum absolute atomic E-state index is 0.117. The van der Waals surface area contributed by atoms with Crippen molar-refractivity contribution >= 4 is 28.7 Å². The number of nitrogens with two attached hydrogens (primary N) is 1. The maximum atomic E-state index is 14.3. The Labute approximate surface area is 184 Å². The van der Waals surface area contributed by atoms with Crippen molar-refractivity contribution in [1.82, 2.24) is 9.61 Å². The van der Waals surface area contributed by atoms with Gasteiger partial charge in [0, 0.05) is 12.1 Å². The molecule has 8 nitrogen and oxygen atoms in total. The molecule has 2 atom stereocenters. The van der Waals surface area contributed by atoms with Crippen LogP contribution in [-0.2, 0) is 6.42 Å². The van der Waals surface area contributed by atoms with Crippen LogP contribution in [0.3, 0.4) is 0 Å². The summed E-state index contributed by atoms with van der Waals surface area (Å²) in [6.07, 6.45) is 4.75. The average molecular weight is 437 g/mol. The molecule has 1 unspecified atom stereocenters. The molecule has 1 aliphatic heterocycles. The number of alkyl halides is 1. The Hall–Kier alpha value is -3.62. The number of benzene rings is 1. The van der Waals surface area contributed by atoms with Crippen LogP contribution >= 0.6 is 0 Å². The quantitative estimate of drug-likeness (QED) is 0.639. The summed E-state index contributed by atoms with van der Waals surface area (Å²) in [5.74, 6) is -0.0405. The van der Waals surface area contributed by atoms with Crippen LogP contribution in [0, 0.1) is 0 Å². The van der Waals surface area contributed by atoms with E-state index in [1.165, 1.54) is 6.20 Å². The second kappa shape index (κ2) is 7.81. The molecule has 3 aromatic rings. The Balaban J connectivity index is 1.53. The monoisotopic (exact) mass is 437 g/mol. The highest BCUT2D eigenvalue weighted by atomic mass is 19.1. The zero-order valence-corrected chi connectivity index (χ0v) is 17.7. The van der Waals surface area contributed by atoms with Gasteiger partial charge in [0.15, 0.2) is 0 Å². The molecule has 1 aromatic carbocycles. The number of nitrogens with one attached hydrogen (secondary N) is 1. The lowest BCUT2D eigenvalue weighted by molar-refractivity contribution is 0.0977. The Morgan fingerprint density at radius 2 is 2.16 bits per heavy atom. The molecule has 166 valence electrons. The van der Waals surface area contributed by atoms with E-state index in [9.17, 15) is 14.0 Å². The predicted octanol–water partition coefficient (Wildman–Crippen LogP) is 2.95. The number of halogens is 1. The van der Waals surface area contributed by atoms with Gasteiger partial charge in [0.1, 0.15) is 11.9 Å². The number of amides is 2. The number of hydrogen-bond donors (Lipinski definition) is 2. The van der Waals surface area contributed by atoms with Crippen molar-refractivity contribution in [3.63, 3.8) is 0 Å². The summed E-state index contributed by atoms with van der Waals surface area (Å²) in [4.78, 5) is 26.9. The summed E-state index contributed by atoms with van der Waals surface area (Å²) in [5.41, 5.74) is 9.01. The molecule has 1 saturated carbocycles. The number of ether oxygens (including phenoxy) is 1. The van der Waals surface area contributed by atoms with E-state index in [2.05, 4.69) is 10.4 Å². The molecule has 9 heteroatoms. The summed E-state index contributed by atoms with van der Waals surface area (Å²) < 4.78 is 21.1. The number of carbonyl (C=O) groups excluding carboxylic acids is 2. The normalized spacial score (nSPS) is 20.4. The fourth-order valence-electron chi connectivity index (χ4n) is 4.63. The van der Waals surface area contributed by atoms with Crippen LogP contribution in [0.1, 0.15) is 45.5 Å². The third-order valence-electron chi connectivity index (χ3n) is 6.35. The summed E-state index contributed by atoms with van der Waals surface area (Å²) in [6, 6.07) is 6.83. The molecule has 2 aromatic heterocycles. The molecule has 0 bridgehead atoms. The van der Waals surface area contributed by atoms with Crippen molar-refractivity contribution in [2.75, 3.05) is 23.9 Å². The second-order valence-electron chi connectivity index (χ2n) is 8.25. The summed E-state index contributed by atoms with van der Waals surface area (Å²) >= 11 is 0. The molecule has 5 rings (SSSR count). The zero-order valence-electron chi connectivity index (χ0n) is 17.7. The molecule has 3 N–H and O–H groups in total. The van der Waals surface area contributed by atoms with Gasteiger partial charge in [-0.25, -0.2) is 8.91 Å². The highest BCUT2D eigenvalue weighted by molar-refractivity contribution is 6.09. The van der Waals surface area contributed by atoms with Gasteiger partial charge in [-0.05, 0) is 55.5 Å². The first-order valence-corrected chi connectivity index (χ1v) is 10.7. The summed E-state index contributed by atoms with van der Waals surface area (Å²) in [5, 5.41) is 7.48. The van der Waals surface area contributed by atoms with Crippen LogP contribution in [0.15, 0.2) is 36.7 Å². The largest absolute Gasteiger partial charge is 0.497 e. The summed E-state index contributed by atoms with van der Waals surface area (Å²) in [7, 11) is 1.60. The lowest BCUT2D eigenvalue weighted by atomic mass is 9.98. The van der Waals surface area contributed by atoms with E-state index in [0.717, 1.165) is 17.7 Å². The minimum atomic E-state index is -0.990. The van der Waals surface area contributed by atoms with E-state index in [-0.39, 0.29) is 11.5 Å². The van der Waals surface area contributed by atoms with Gasteiger partial charge in [0.2, 0.25) is 0 Å². The zero-order chi connectivity index (χ0) is 22.4. The number of methoxy groups -OCH3 is 1. The first-order chi connectivity index (χ1) is 15.5. The highest BCUT2D eigenvalue weighted by Gasteiger charge is 2.30. The number of hydrogen-bond acceptors (Lipinski definition) is 5. The minimum Gasteiger partial charge on any atom is -0.497 e. The molecule has 3 heterocycles. The number of fused-ring (bicyclic) bond motifs is 2. The average Bonchev–Trinajstić information content (AvgIpc) is 3.40. The molecule has 0 radical (unpaired) electrons. The van der Waals surface area contributed by atoms with Crippen molar-refractivity contribution < 1.29 is 18.7 Å². The second-order valence-corrected chi connectivity index (χ2v) is 8.25. The van der Waals surface area contributed by atoms with Crippen molar-refractivity contribution in [1.29, 1.82) is 0 Å². The van der Waals surface area contributed by atoms with E-state index >= 15 is 0 Å². The third-order valence-corrected chi connectivity index (χ3v) is 6.35. The third kappa shape index (κ3) is 3.34. The maximum Gasteiger partial charge on any atom is 0.258 e. The van der Waals surface area contributed by atoms with Crippen LogP contribution in [-0.4, -0.2) is 47.3 Å². The number of anilines is 2. The Kier molecular flexibility index (Phi) is 4.96. The number of carbonyl (C=O) groups is 2. The topological polar surface area (TPSA) is 102 Å². The van der Waals surface area contributed by atoms with Gasteiger partial charge in [0.25, 0.3) is 11.8 Å². The fourth-order valence-corrected chi connectivity index (χ4v) is 4.63. The molecule has 0 saturated heterocycles. The van der Waals surface area contributed by atoms with Crippen LogP contribution in [0.4, 0.5) is 15.8 Å². The van der Waals surface area contributed by atoms with E-state index in [1.807, 2.05) is 6.07 Å². The molecule has 2 amide bonds. The van der Waals surface area contributed by atoms with Gasteiger partial charge in [0.05, 0.1) is 48.0 Å². The van der Waals surface area contributed by atoms with Gasteiger partial charge in [-0.3, -0.25) is 9.59 Å². The first-order valence-electron chi connectivity index (χ1n) is 10.7. The van der Waals surface area contributed by atoms with Gasteiger partial charge in [-0.1, -0.05) is 0 Å². The smallest absolute Gasteiger partial charge is 0.258 e. The lowest BCUT2D eigenvalue weighted by Gasteiger charge is -2.27. The van der Waals surface area contributed by atoms with Crippen molar-refractivity contribution in [3.8, 4) is 5.75 Å². The first kappa shape index (κ1) is 20.3. The molecule has 32 heavy (non-hydrogen) atoms. The van der Waals surface area contributed by atoms with Crippen LogP contribution in [0.25, 0.3) is 5.52 Å². The highest BCUT2D eigenvalue weighted by Crippen LogP contribution is 2.33. The van der Waals surface area contributed by atoms with Crippen LogP contribution in [0.5, 0.6) is 5.75 Å². The number of rotatable bonds is 5. The Morgan fingerprint density at radius 1 is 1.31 bits per heavy atom. The molecular formula is C23H24FN5O3. The molecule has 1 aliphatic carbocycles. The van der Waals surface area contributed by atoms with Gasteiger partial charge >= 0.3 is 0 Å². The van der Waals surface area contributed by atoms with E-state index < -0.39 is 18.1 Å². The standard InChI is InChI=1S/C23H24FN5O3/c1-32-15-5-6-16-13(9-15)7-8-28(23(16)31)14-10-20-21(27-19-4-2-3-18(19)24)17(22(25)30)11-26-29(20)12-14/h5-6,9-12,18-19,27H,2-4,7-8H2,1H3,(H2,25,30)/t18-,19?/m0/s1. The van der Waals surface area contributed by atoms with Gasteiger partial charge in [-0.2, -0.15) is 5.10 Å². The van der Waals surface area contributed by atoms with Gasteiger partial charge in [-0.15, -0.1) is 0 Å². The predicted molar refractivity (Wildman–Crippen MR) is 118 cm³/mol. The van der Waals surface area contributed by atoms with Crippen molar-refractivity contribution in [2.45, 2.75) is 37.9 Å². The van der Waals surface area contributed by atoms with E-state index in [1.54, 1.807) is 40.9 Å². The Morgan fingerprint density at radius 3 is 2.88 bits per heavy atom. The van der Waals surface area contributed by atoms with Crippen molar-refractivity contribution in [3.05, 3.63) is 53.3 Å². The van der Waals surface area contributed by atoms with Crippen LogP contribution in [0.2, 0.25) is 0 Å². The number of primary amides is 1. The van der Waals surface area contributed by atoms with E-state index in [0.29, 0.717) is 48.3 Å². The maximum absolute atomic E-state index is 14.3. The molecule has 0 spiro atoms. The molecule has 1 fully saturated rings. The van der Waals surface area contributed by atoms with Gasteiger partial charge < -0.3 is 20.7 Å². The summed E-state index contributed by atoms with van der Waals surface area (Å²) in [6.45, 7) is 0.497. The molecular weight excluding hydrogens is 413 g/mol. The number of nitrogens with zero attached hydrogens (tertiary/aromatic N) is 3. The van der Waals surface area contributed by atoms with E-state index in [4.69, 9.17) is 10.5 Å².